The fourth-order valence-corrected chi connectivity index (χ4v) is 3.07. The lowest BCUT2D eigenvalue weighted by Gasteiger charge is -2.15. The number of amides is 1. The summed E-state index contributed by atoms with van der Waals surface area (Å²) in [6.45, 7) is 3.80. The molecule has 142 valence electrons. The summed E-state index contributed by atoms with van der Waals surface area (Å²) in [5, 5.41) is 7.13. The van der Waals surface area contributed by atoms with Gasteiger partial charge in [-0.2, -0.15) is 5.10 Å². The Morgan fingerprint density at radius 1 is 1.11 bits per heavy atom. The summed E-state index contributed by atoms with van der Waals surface area (Å²) in [7, 11) is 0. The first-order valence-electron chi connectivity index (χ1n) is 8.90. The van der Waals surface area contributed by atoms with E-state index < -0.39 is 11.3 Å². The molecule has 0 saturated heterocycles. The van der Waals surface area contributed by atoms with Crippen LogP contribution >= 0.6 is 0 Å². The van der Waals surface area contributed by atoms with Crippen molar-refractivity contribution in [1.82, 2.24) is 15.1 Å². The smallest absolute Gasteiger partial charge is 0.276 e. The normalized spacial score (nSPS) is 13.2. The van der Waals surface area contributed by atoms with Crippen LogP contribution < -0.4 is 20.2 Å². The summed E-state index contributed by atoms with van der Waals surface area (Å²) in [6.07, 6.45) is 0. The number of hydrogen-bond donors (Lipinski definition) is 1. The standard InChI is InChI=1S/C21H19N3O4/c1-13-10-17(25)20(23-24(13)16-6-4-3-5-7-16)21(26)22-14(2)15-8-9-18-19(11-15)28-12-27-18/h3-11,14H,12H2,1-2H3,(H,22,26). The van der Waals surface area contributed by atoms with Crippen LogP contribution in [-0.2, 0) is 0 Å². The van der Waals surface area contributed by atoms with Gasteiger partial charge in [0.25, 0.3) is 5.91 Å². The first-order chi connectivity index (χ1) is 13.5. The third-order valence-electron chi connectivity index (χ3n) is 4.57. The SMILES string of the molecule is Cc1cc(=O)c(C(=O)NC(C)c2ccc3c(c2)OCO3)nn1-c1ccccc1. The van der Waals surface area contributed by atoms with Crippen LogP contribution in [0.1, 0.15) is 34.7 Å². The van der Waals surface area contributed by atoms with Gasteiger partial charge in [-0.05, 0) is 43.7 Å². The van der Waals surface area contributed by atoms with E-state index in [0.717, 1.165) is 11.3 Å². The highest BCUT2D eigenvalue weighted by Gasteiger charge is 2.20. The van der Waals surface area contributed by atoms with E-state index >= 15 is 0 Å². The minimum absolute atomic E-state index is 0.151. The molecular formula is C21H19N3O4. The topological polar surface area (TPSA) is 82.5 Å². The molecule has 1 aliphatic rings. The molecule has 1 N–H and O–H groups in total. The van der Waals surface area contributed by atoms with Crippen molar-refractivity contribution in [2.75, 3.05) is 6.79 Å². The number of carbonyl (C=O) groups excluding carboxylic acids is 1. The van der Waals surface area contributed by atoms with Crippen molar-refractivity contribution >= 4 is 5.91 Å². The van der Waals surface area contributed by atoms with Crippen LogP contribution in [0.25, 0.3) is 5.69 Å². The van der Waals surface area contributed by atoms with Gasteiger partial charge in [0, 0.05) is 11.8 Å². The second-order valence-corrected chi connectivity index (χ2v) is 6.55. The van der Waals surface area contributed by atoms with Gasteiger partial charge in [-0.15, -0.1) is 0 Å². The summed E-state index contributed by atoms with van der Waals surface area (Å²) < 4.78 is 12.3. The molecule has 0 saturated carbocycles. The number of benzene rings is 2. The molecule has 3 aromatic rings. The number of nitrogens with one attached hydrogen (secondary N) is 1. The van der Waals surface area contributed by atoms with Crippen molar-refractivity contribution in [2.45, 2.75) is 19.9 Å². The molecule has 0 bridgehead atoms. The maximum atomic E-state index is 12.7. The fraction of sp³-hybridized carbons (Fsp3) is 0.190. The third-order valence-corrected chi connectivity index (χ3v) is 4.57. The van der Waals surface area contributed by atoms with Gasteiger partial charge in [0.1, 0.15) is 0 Å². The summed E-state index contributed by atoms with van der Waals surface area (Å²) in [5.41, 5.74) is 1.70. The molecule has 1 aliphatic heterocycles. The number of aryl methyl sites for hydroxylation is 1. The maximum Gasteiger partial charge on any atom is 0.276 e. The Balaban J connectivity index is 1.60. The number of ether oxygens (including phenoxy) is 2. The highest BCUT2D eigenvalue weighted by atomic mass is 16.7. The molecule has 28 heavy (non-hydrogen) atoms. The second-order valence-electron chi connectivity index (χ2n) is 6.55. The van der Waals surface area contributed by atoms with Crippen molar-refractivity contribution in [3.8, 4) is 17.2 Å². The average molecular weight is 377 g/mol. The lowest BCUT2D eigenvalue weighted by molar-refractivity contribution is 0.0931. The Hall–Kier alpha value is -3.61. The number of hydrogen-bond acceptors (Lipinski definition) is 5. The van der Waals surface area contributed by atoms with Crippen LogP contribution in [0.5, 0.6) is 11.5 Å². The van der Waals surface area contributed by atoms with E-state index in [2.05, 4.69) is 10.4 Å². The number of carbonyl (C=O) groups is 1. The second kappa shape index (κ2) is 7.19. The van der Waals surface area contributed by atoms with E-state index in [1.54, 1.807) is 17.7 Å². The summed E-state index contributed by atoms with van der Waals surface area (Å²) in [4.78, 5) is 25.1. The Morgan fingerprint density at radius 3 is 2.64 bits per heavy atom. The van der Waals surface area contributed by atoms with Crippen LogP contribution in [0, 0.1) is 6.92 Å². The van der Waals surface area contributed by atoms with Crippen LogP contribution in [0.4, 0.5) is 0 Å². The molecule has 0 fully saturated rings. The average Bonchev–Trinajstić information content (AvgIpc) is 3.16. The highest BCUT2D eigenvalue weighted by Crippen LogP contribution is 2.34. The Labute approximate surface area is 161 Å². The zero-order chi connectivity index (χ0) is 19.7. The molecule has 1 atom stereocenters. The van der Waals surface area contributed by atoms with E-state index in [1.807, 2.05) is 49.4 Å². The molecule has 7 heteroatoms. The summed E-state index contributed by atoms with van der Waals surface area (Å²) in [6, 6.07) is 15.9. The zero-order valence-corrected chi connectivity index (χ0v) is 15.5. The number of aromatic nitrogens is 2. The van der Waals surface area contributed by atoms with Crippen LogP contribution in [0.3, 0.4) is 0 Å². The van der Waals surface area contributed by atoms with Gasteiger partial charge in [-0.3, -0.25) is 9.59 Å². The number of rotatable bonds is 4. The van der Waals surface area contributed by atoms with Gasteiger partial charge in [0.2, 0.25) is 12.2 Å². The minimum Gasteiger partial charge on any atom is -0.454 e. The molecule has 0 aliphatic carbocycles. The molecule has 1 amide bonds. The summed E-state index contributed by atoms with van der Waals surface area (Å²) >= 11 is 0. The number of fused-ring (bicyclic) bond motifs is 1. The van der Waals surface area contributed by atoms with Gasteiger partial charge in [0.05, 0.1) is 11.7 Å². The first-order valence-corrected chi connectivity index (χ1v) is 8.90. The molecule has 7 nitrogen and oxygen atoms in total. The first kappa shape index (κ1) is 17.8. The highest BCUT2D eigenvalue weighted by molar-refractivity contribution is 5.92. The van der Waals surface area contributed by atoms with Crippen LogP contribution in [-0.4, -0.2) is 22.5 Å². The Morgan fingerprint density at radius 2 is 1.86 bits per heavy atom. The molecule has 2 aromatic carbocycles. The molecule has 0 radical (unpaired) electrons. The van der Waals surface area contributed by atoms with Crippen LogP contribution in [0.2, 0.25) is 0 Å². The van der Waals surface area contributed by atoms with E-state index in [1.165, 1.54) is 6.07 Å². The maximum absolute atomic E-state index is 12.7. The Bertz CT molecular complexity index is 1090. The number of para-hydroxylation sites is 1. The van der Waals surface area contributed by atoms with E-state index in [0.29, 0.717) is 17.2 Å². The van der Waals surface area contributed by atoms with Gasteiger partial charge >= 0.3 is 0 Å². The van der Waals surface area contributed by atoms with Gasteiger partial charge in [0.15, 0.2) is 17.2 Å². The van der Waals surface area contributed by atoms with E-state index in [-0.39, 0.29) is 18.5 Å². The predicted molar refractivity (Wildman–Crippen MR) is 103 cm³/mol. The van der Waals surface area contributed by atoms with Crippen molar-refractivity contribution in [3.05, 3.63) is 81.8 Å². The Kier molecular flexibility index (Phi) is 4.57. The monoisotopic (exact) mass is 377 g/mol. The van der Waals surface area contributed by atoms with Crippen molar-refractivity contribution < 1.29 is 14.3 Å². The fourth-order valence-electron chi connectivity index (χ4n) is 3.07. The number of nitrogens with zero attached hydrogens (tertiary/aromatic N) is 2. The quantitative estimate of drug-likeness (QED) is 0.756. The minimum atomic E-state index is -0.528. The van der Waals surface area contributed by atoms with E-state index in [9.17, 15) is 9.59 Å². The molecular weight excluding hydrogens is 358 g/mol. The van der Waals surface area contributed by atoms with Gasteiger partial charge in [-0.1, -0.05) is 24.3 Å². The summed E-state index contributed by atoms with van der Waals surface area (Å²) in [5.74, 6) is 0.784. The lowest BCUT2D eigenvalue weighted by atomic mass is 10.1. The van der Waals surface area contributed by atoms with Gasteiger partial charge < -0.3 is 14.8 Å². The lowest BCUT2D eigenvalue weighted by Crippen LogP contribution is -2.33. The predicted octanol–water partition coefficient (Wildman–Crippen LogP) is 2.76. The molecule has 2 heterocycles. The molecule has 1 unspecified atom stereocenters. The molecule has 4 rings (SSSR count). The molecule has 1 aromatic heterocycles. The van der Waals surface area contributed by atoms with Crippen LogP contribution in [0.15, 0.2) is 59.4 Å². The third kappa shape index (κ3) is 3.34. The van der Waals surface area contributed by atoms with E-state index in [4.69, 9.17) is 9.47 Å². The van der Waals surface area contributed by atoms with Crippen molar-refractivity contribution in [1.29, 1.82) is 0 Å². The van der Waals surface area contributed by atoms with Gasteiger partial charge in [-0.25, -0.2) is 4.68 Å². The largest absolute Gasteiger partial charge is 0.454 e. The zero-order valence-electron chi connectivity index (χ0n) is 15.5. The van der Waals surface area contributed by atoms with Crippen molar-refractivity contribution in [3.63, 3.8) is 0 Å². The molecule has 0 spiro atoms. The van der Waals surface area contributed by atoms with Crippen molar-refractivity contribution in [2.24, 2.45) is 0 Å².